The van der Waals surface area contributed by atoms with Gasteiger partial charge in [0.25, 0.3) is 5.56 Å². The maximum atomic E-state index is 12.0. The zero-order valence-electron chi connectivity index (χ0n) is 15.4. The van der Waals surface area contributed by atoms with E-state index in [2.05, 4.69) is 28.9 Å². The molecule has 0 amide bonds. The molecule has 2 aromatic rings. The Hall–Kier alpha value is -2.97. The molecule has 0 saturated heterocycles. The Kier molecular flexibility index (Phi) is 4.76. The van der Waals surface area contributed by atoms with Gasteiger partial charge in [-0.25, -0.2) is 4.79 Å². The topological polar surface area (TPSA) is 115 Å². The normalized spacial score (nSPS) is 18.4. The second kappa shape index (κ2) is 7.13. The van der Waals surface area contributed by atoms with E-state index in [0.29, 0.717) is 11.7 Å². The van der Waals surface area contributed by atoms with E-state index >= 15 is 0 Å². The molecule has 0 radical (unpaired) electrons. The fraction of sp³-hybridized carbons (Fsp3) is 0.211. The zero-order chi connectivity index (χ0) is 20.9. The molecule has 4 N–H and O–H groups in total. The fourth-order valence-corrected chi connectivity index (χ4v) is 4.10. The van der Waals surface area contributed by atoms with Crippen molar-refractivity contribution in [3.05, 3.63) is 78.4 Å². The average Bonchev–Trinajstić information content (AvgIpc) is 3.05. The molecule has 2 heterocycles. The molecule has 1 aromatic carbocycles. The van der Waals surface area contributed by atoms with Gasteiger partial charge in [-0.3, -0.25) is 9.78 Å². The molecule has 2 aliphatic rings. The van der Waals surface area contributed by atoms with Crippen molar-refractivity contribution >= 4 is 29.0 Å². The summed E-state index contributed by atoms with van der Waals surface area (Å²) in [6.45, 7) is 6.20. The number of hydrogen-bond donors (Lipinski definition) is 3. The first-order chi connectivity index (χ1) is 13.8. The summed E-state index contributed by atoms with van der Waals surface area (Å²) >= 11 is 12.8. The minimum Gasteiger partial charge on any atom is -0.452 e. The van der Waals surface area contributed by atoms with Gasteiger partial charge in [0, 0.05) is 17.5 Å². The summed E-state index contributed by atoms with van der Waals surface area (Å²) in [6.07, 6.45) is 3.61. The number of dihydropyridines is 1. The number of aromatic nitrogens is 3. The lowest BCUT2D eigenvalue weighted by molar-refractivity contribution is 0.427. The first-order valence-electron chi connectivity index (χ1n) is 8.82. The summed E-state index contributed by atoms with van der Waals surface area (Å²) in [4.78, 5) is 25.5. The van der Waals surface area contributed by atoms with Gasteiger partial charge in [0.05, 0.1) is 15.7 Å². The quantitative estimate of drug-likeness (QED) is 0.685. The number of ether oxygens (including phenoxy) is 1. The molecule has 1 aliphatic heterocycles. The molecule has 1 unspecified atom stereocenters. The van der Waals surface area contributed by atoms with Gasteiger partial charge < -0.3 is 15.8 Å². The molecule has 4 rings (SSSR count). The number of rotatable bonds is 3. The number of nitrogens with one attached hydrogen (secondary N) is 2. The monoisotopic (exact) mass is 433 g/mol. The Balaban J connectivity index is 1.72. The number of hydrogen-bond acceptors (Lipinski definition) is 6. The van der Waals surface area contributed by atoms with Crippen molar-refractivity contribution in [1.29, 1.82) is 0 Å². The van der Waals surface area contributed by atoms with Gasteiger partial charge in [-0.2, -0.15) is 4.68 Å². The van der Waals surface area contributed by atoms with Crippen LogP contribution >= 0.6 is 23.2 Å². The average molecular weight is 434 g/mol. The Bertz CT molecular complexity index is 1200. The van der Waals surface area contributed by atoms with Crippen molar-refractivity contribution in [2.45, 2.75) is 19.8 Å². The molecule has 29 heavy (non-hydrogen) atoms. The van der Waals surface area contributed by atoms with E-state index in [0.717, 1.165) is 34.4 Å². The Morgan fingerprint density at radius 2 is 2.00 bits per heavy atom. The van der Waals surface area contributed by atoms with Gasteiger partial charge in [0.15, 0.2) is 5.75 Å². The Labute approximate surface area is 175 Å². The summed E-state index contributed by atoms with van der Waals surface area (Å²) < 4.78 is 6.94. The second-order valence-electron chi connectivity index (χ2n) is 6.86. The van der Waals surface area contributed by atoms with Crippen LogP contribution in [0.3, 0.4) is 0 Å². The maximum Gasteiger partial charge on any atom is 0.349 e. The second-order valence-corrected chi connectivity index (χ2v) is 7.67. The summed E-state index contributed by atoms with van der Waals surface area (Å²) in [6, 6.07) is 2.91. The minimum absolute atomic E-state index is 0.171. The maximum absolute atomic E-state index is 12.0. The molecule has 0 spiro atoms. The molecular weight excluding hydrogens is 417 g/mol. The van der Waals surface area contributed by atoms with E-state index in [9.17, 15) is 9.59 Å². The van der Waals surface area contributed by atoms with Crippen molar-refractivity contribution < 1.29 is 4.74 Å². The van der Waals surface area contributed by atoms with Crippen LogP contribution in [0.5, 0.6) is 5.75 Å². The molecule has 1 aromatic heterocycles. The van der Waals surface area contributed by atoms with Crippen LogP contribution in [0, 0.1) is 5.92 Å². The third-order valence-electron chi connectivity index (χ3n) is 4.94. The molecule has 10 heteroatoms. The predicted octanol–water partition coefficient (Wildman–Crippen LogP) is 2.87. The van der Waals surface area contributed by atoms with Crippen LogP contribution in [0.2, 0.25) is 10.0 Å². The largest absolute Gasteiger partial charge is 0.452 e. The highest BCUT2D eigenvalue weighted by atomic mass is 35.5. The van der Waals surface area contributed by atoms with Crippen molar-refractivity contribution in [3.8, 4) is 11.4 Å². The van der Waals surface area contributed by atoms with Gasteiger partial charge in [-0.05, 0) is 36.5 Å². The first-order valence-corrected chi connectivity index (χ1v) is 9.57. The van der Waals surface area contributed by atoms with Gasteiger partial charge in [-0.1, -0.05) is 36.7 Å². The number of nitrogens with two attached hydrogens (primary N) is 1. The highest BCUT2D eigenvalue weighted by Crippen LogP contribution is 2.43. The van der Waals surface area contributed by atoms with Gasteiger partial charge >= 0.3 is 5.69 Å². The molecule has 0 saturated carbocycles. The van der Waals surface area contributed by atoms with Gasteiger partial charge in [0.1, 0.15) is 5.76 Å². The number of H-pyrrole nitrogens is 1. The third kappa shape index (κ3) is 3.34. The molecule has 8 nitrogen and oxygen atoms in total. The van der Waals surface area contributed by atoms with E-state index in [-0.39, 0.29) is 27.3 Å². The lowest BCUT2D eigenvalue weighted by atomic mass is 9.98. The van der Waals surface area contributed by atoms with Crippen LogP contribution in [0.1, 0.15) is 19.8 Å². The number of nitrogens with zero attached hydrogens (tertiary/aromatic N) is 2. The van der Waals surface area contributed by atoms with E-state index < -0.39 is 11.2 Å². The Morgan fingerprint density at radius 1 is 1.31 bits per heavy atom. The van der Waals surface area contributed by atoms with Crippen LogP contribution in [0.4, 0.5) is 5.82 Å². The molecule has 150 valence electrons. The number of anilines is 1. The highest BCUT2D eigenvalue weighted by Gasteiger charge is 2.30. The van der Waals surface area contributed by atoms with Crippen molar-refractivity contribution in [1.82, 2.24) is 20.1 Å². The third-order valence-corrected chi connectivity index (χ3v) is 5.50. The number of nitrogen functional groups attached to an aromatic ring is 1. The molecule has 1 atom stereocenters. The predicted molar refractivity (Wildman–Crippen MR) is 111 cm³/mol. The highest BCUT2D eigenvalue weighted by molar-refractivity contribution is 6.37. The fourth-order valence-electron chi connectivity index (χ4n) is 3.55. The standard InChI is InChI=1S/C19H17Cl2N5O3/c1-8-3-4-11-14(7-23-9(2)15(8)11)29-16-12(20)5-10(6-13(16)21)26-19(28)24-18(27)17(22)25-26/h5-8,23H,2-4H2,1H3,(H2,22,25)(H,24,27,28). The van der Waals surface area contributed by atoms with E-state index in [1.165, 1.54) is 12.1 Å². The van der Waals surface area contributed by atoms with Crippen LogP contribution < -0.4 is 27.0 Å². The van der Waals surface area contributed by atoms with Gasteiger partial charge in [0.2, 0.25) is 5.82 Å². The lowest BCUT2D eigenvalue weighted by Gasteiger charge is -2.22. The van der Waals surface area contributed by atoms with E-state index in [1.54, 1.807) is 6.20 Å². The van der Waals surface area contributed by atoms with E-state index in [4.69, 9.17) is 33.7 Å². The van der Waals surface area contributed by atoms with E-state index in [1.807, 2.05) is 0 Å². The van der Waals surface area contributed by atoms with Crippen LogP contribution in [-0.2, 0) is 0 Å². The number of benzene rings is 1. The van der Waals surface area contributed by atoms with Crippen molar-refractivity contribution in [3.63, 3.8) is 0 Å². The SMILES string of the molecule is C=C1NC=C(Oc2c(Cl)cc(-n3nc(N)c(=O)[nH]c3=O)cc2Cl)C2=C1C(C)CC2. The minimum atomic E-state index is -0.767. The zero-order valence-corrected chi connectivity index (χ0v) is 16.9. The summed E-state index contributed by atoms with van der Waals surface area (Å²) in [5.74, 6) is 0.895. The summed E-state index contributed by atoms with van der Waals surface area (Å²) in [5, 5.41) is 7.23. The van der Waals surface area contributed by atoms with Crippen molar-refractivity contribution in [2.75, 3.05) is 5.73 Å². The molecule has 1 aliphatic carbocycles. The molecule has 0 bridgehead atoms. The molecule has 0 fully saturated rings. The van der Waals surface area contributed by atoms with Crippen molar-refractivity contribution in [2.24, 2.45) is 5.92 Å². The van der Waals surface area contributed by atoms with Crippen LogP contribution in [-0.4, -0.2) is 14.8 Å². The number of halogens is 2. The van der Waals surface area contributed by atoms with Crippen LogP contribution in [0.25, 0.3) is 5.69 Å². The summed E-state index contributed by atoms with van der Waals surface area (Å²) in [5.41, 5.74) is 7.28. The van der Waals surface area contributed by atoms with Gasteiger partial charge in [-0.15, -0.1) is 5.10 Å². The number of allylic oxidation sites excluding steroid dienone is 2. The summed E-state index contributed by atoms with van der Waals surface area (Å²) in [7, 11) is 0. The molecular formula is C19H17Cl2N5O3. The lowest BCUT2D eigenvalue weighted by Crippen LogP contribution is -2.33. The van der Waals surface area contributed by atoms with Crippen LogP contribution in [0.15, 0.2) is 57.1 Å². The first kappa shape index (κ1) is 19.4. The Morgan fingerprint density at radius 3 is 2.69 bits per heavy atom. The number of aromatic amines is 1. The smallest absolute Gasteiger partial charge is 0.349 e.